The van der Waals surface area contributed by atoms with Gasteiger partial charge in [-0.1, -0.05) is 38.1 Å². The van der Waals surface area contributed by atoms with E-state index in [1.54, 1.807) is 24.3 Å². The summed E-state index contributed by atoms with van der Waals surface area (Å²) in [5, 5.41) is 2.89. The average molecular weight is 336 g/mol. The first-order chi connectivity index (χ1) is 12.0. The molecule has 25 heavy (non-hydrogen) atoms. The minimum Gasteiger partial charge on any atom is -0.352 e. The monoisotopic (exact) mass is 336 g/mol. The van der Waals surface area contributed by atoms with Crippen molar-refractivity contribution in [3.63, 3.8) is 0 Å². The summed E-state index contributed by atoms with van der Waals surface area (Å²) in [6.45, 7) is 6.77. The standard InChI is InChI=1S/C21H24N2O2/c1-14(2)13-22-20(24)17-8-6-9-18(12-17)21(25)23-15(3)11-16-7-4-5-10-19(16)23/h4-10,12,14-15H,11,13H2,1-3H3,(H,22,24). The van der Waals surface area contributed by atoms with Gasteiger partial charge in [-0.15, -0.1) is 0 Å². The van der Waals surface area contributed by atoms with E-state index >= 15 is 0 Å². The normalized spacial score (nSPS) is 16.0. The van der Waals surface area contributed by atoms with Crippen molar-refractivity contribution < 1.29 is 9.59 Å². The lowest BCUT2D eigenvalue weighted by molar-refractivity contribution is 0.0949. The predicted molar refractivity (Wildman–Crippen MR) is 100 cm³/mol. The highest BCUT2D eigenvalue weighted by Gasteiger charge is 2.31. The van der Waals surface area contributed by atoms with Crippen LogP contribution in [0.1, 0.15) is 47.1 Å². The van der Waals surface area contributed by atoms with Crippen molar-refractivity contribution in [1.82, 2.24) is 5.32 Å². The molecule has 1 N–H and O–H groups in total. The van der Waals surface area contributed by atoms with Crippen LogP contribution in [0.4, 0.5) is 5.69 Å². The van der Waals surface area contributed by atoms with Crippen molar-refractivity contribution in [2.45, 2.75) is 33.2 Å². The zero-order valence-corrected chi connectivity index (χ0v) is 15.0. The Labute approximate surface area is 148 Å². The van der Waals surface area contributed by atoms with Gasteiger partial charge in [0.15, 0.2) is 0 Å². The summed E-state index contributed by atoms with van der Waals surface area (Å²) in [6, 6.07) is 15.1. The van der Waals surface area contributed by atoms with Gasteiger partial charge >= 0.3 is 0 Å². The van der Waals surface area contributed by atoms with E-state index in [2.05, 4.69) is 18.3 Å². The molecule has 1 atom stereocenters. The molecular formula is C21H24N2O2. The second-order valence-electron chi connectivity index (χ2n) is 7.04. The molecule has 1 unspecified atom stereocenters. The number of fused-ring (bicyclic) bond motifs is 1. The van der Waals surface area contributed by atoms with Gasteiger partial charge in [0.2, 0.25) is 0 Å². The molecule has 4 nitrogen and oxygen atoms in total. The van der Waals surface area contributed by atoms with Crippen LogP contribution < -0.4 is 10.2 Å². The van der Waals surface area contributed by atoms with Gasteiger partial charge in [-0.25, -0.2) is 0 Å². The summed E-state index contributed by atoms with van der Waals surface area (Å²) < 4.78 is 0. The summed E-state index contributed by atoms with van der Waals surface area (Å²) in [6.07, 6.45) is 0.858. The van der Waals surface area contributed by atoms with E-state index in [1.807, 2.05) is 36.9 Å². The Morgan fingerprint density at radius 2 is 1.84 bits per heavy atom. The van der Waals surface area contributed by atoms with Crippen LogP contribution in [0.25, 0.3) is 0 Å². The summed E-state index contributed by atoms with van der Waals surface area (Å²) in [4.78, 5) is 27.2. The zero-order chi connectivity index (χ0) is 18.0. The highest BCUT2D eigenvalue weighted by Crippen LogP contribution is 2.33. The van der Waals surface area contributed by atoms with Gasteiger partial charge < -0.3 is 10.2 Å². The van der Waals surface area contributed by atoms with E-state index in [4.69, 9.17) is 0 Å². The van der Waals surface area contributed by atoms with Gasteiger partial charge in [0.05, 0.1) is 0 Å². The third kappa shape index (κ3) is 3.58. The van der Waals surface area contributed by atoms with Crippen molar-refractivity contribution >= 4 is 17.5 Å². The van der Waals surface area contributed by atoms with Crippen molar-refractivity contribution in [3.8, 4) is 0 Å². The van der Waals surface area contributed by atoms with Crippen LogP contribution >= 0.6 is 0 Å². The molecule has 0 aliphatic carbocycles. The van der Waals surface area contributed by atoms with Gasteiger partial charge in [-0.05, 0) is 49.1 Å². The lowest BCUT2D eigenvalue weighted by Crippen LogP contribution is -2.36. The first-order valence-corrected chi connectivity index (χ1v) is 8.77. The molecule has 2 aromatic carbocycles. The molecule has 0 fully saturated rings. The first-order valence-electron chi connectivity index (χ1n) is 8.77. The summed E-state index contributed by atoms with van der Waals surface area (Å²) in [7, 11) is 0. The number of anilines is 1. The third-order valence-electron chi connectivity index (χ3n) is 4.47. The minimum atomic E-state index is -0.141. The molecule has 1 heterocycles. The largest absolute Gasteiger partial charge is 0.352 e. The van der Waals surface area contributed by atoms with Crippen molar-refractivity contribution in [1.29, 1.82) is 0 Å². The molecule has 3 rings (SSSR count). The molecule has 0 saturated carbocycles. The smallest absolute Gasteiger partial charge is 0.258 e. The predicted octanol–water partition coefficient (Wildman–Crippen LogP) is 3.66. The number of hydrogen-bond donors (Lipinski definition) is 1. The average Bonchev–Trinajstić information content (AvgIpc) is 2.94. The van der Waals surface area contributed by atoms with Crippen LogP contribution in [0.2, 0.25) is 0 Å². The quantitative estimate of drug-likeness (QED) is 0.926. The van der Waals surface area contributed by atoms with Crippen LogP contribution in [0.15, 0.2) is 48.5 Å². The Kier molecular flexibility index (Phi) is 4.88. The maximum absolute atomic E-state index is 13.1. The van der Waals surface area contributed by atoms with E-state index < -0.39 is 0 Å². The molecule has 0 bridgehead atoms. The van der Waals surface area contributed by atoms with Gasteiger partial charge in [-0.2, -0.15) is 0 Å². The van der Waals surface area contributed by atoms with Gasteiger partial charge in [0.25, 0.3) is 11.8 Å². The molecule has 4 heteroatoms. The van der Waals surface area contributed by atoms with Crippen LogP contribution in [-0.4, -0.2) is 24.4 Å². The Balaban J connectivity index is 1.84. The molecule has 130 valence electrons. The molecule has 0 spiro atoms. The van der Waals surface area contributed by atoms with Crippen LogP contribution in [0.5, 0.6) is 0 Å². The van der Waals surface area contributed by atoms with E-state index in [1.165, 1.54) is 5.56 Å². The van der Waals surface area contributed by atoms with E-state index in [9.17, 15) is 9.59 Å². The molecule has 0 saturated heterocycles. The van der Waals surface area contributed by atoms with Crippen molar-refractivity contribution in [3.05, 3.63) is 65.2 Å². The molecule has 1 aliphatic heterocycles. The number of amides is 2. The Morgan fingerprint density at radius 1 is 1.12 bits per heavy atom. The minimum absolute atomic E-state index is 0.0593. The Hall–Kier alpha value is -2.62. The lowest BCUT2D eigenvalue weighted by Gasteiger charge is -2.23. The molecule has 2 amide bonds. The topological polar surface area (TPSA) is 49.4 Å². The number of rotatable bonds is 4. The molecule has 0 aromatic heterocycles. The lowest BCUT2D eigenvalue weighted by atomic mass is 10.1. The molecular weight excluding hydrogens is 312 g/mol. The van der Waals surface area contributed by atoms with E-state index in [0.717, 1.165) is 12.1 Å². The number of para-hydroxylation sites is 1. The number of benzene rings is 2. The van der Waals surface area contributed by atoms with Crippen LogP contribution in [-0.2, 0) is 6.42 Å². The number of nitrogens with zero attached hydrogens (tertiary/aromatic N) is 1. The summed E-state index contributed by atoms with van der Waals surface area (Å²) >= 11 is 0. The number of carbonyl (C=O) groups is 2. The Bertz CT molecular complexity index is 798. The first kappa shape index (κ1) is 17.2. The van der Waals surface area contributed by atoms with Crippen LogP contribution in [0, 0.1) is 5.92 Å². The van der Waals surface area contributed by atoms with E-state index in [0.29, 0.717) is 23.6 Å². The fraction of sp³-hybridized carbons (Fsp3) is 0.333. The van der Waals surface area contributed by atoms with Crippen molar-refractivity contribution in [2.75, 3.05) is 11.4 Å². The Morgan fingerprint density at radius 3 is 2.60 bits per heavy atom. The number of nitrogens with one attached hydrogen (secondary N) is 1. The third-order valence-corrected chi connectivity index (χ3v) is 4.47. The number of hydrogen-bond acceptors (Lipinski definition) is 2. The molecule has 2 aromatic rings. The fourth-order valence-corrected chi connectivity index (χ4v) is 3.21. The molecule has 0 radical (unpaired) electrons. The fourth-order valence-electron chi connectivity index (χ4n) is 3.21. The highest BCUT2D eigenvalue weighted by atomic mass is 16.2. The van der Waals surface area contributed by atoms with Crippen LogP contribution in [0.3, 0.4) is 0 Å². The van der Waals surface area contributed by atoms with Gasteiger partial charge in [0.1, 0.15) is 0 Å². The maximum atomic E-state index is 13.1. The SMILES string of the molecule is CC(C)CNC(=O)c1cccc(C(=O)N2c3ccccc3CC2C)c1. The highest BCUT2D eigenvalue weighted by molar-refractivity contribution is 6.09. The second-order valence-corrected chi connectivity index (χ2v) is 7.04. The van der Waals surface area contributed by atoms with Crippen molar-refractivity contribution in [2.24, 2.45) is 5.92 Å². The summed E-state index contributed by atoms with van der Waals surface area (Å²) in [5.74, 6) is 0.185. The zero-order valence-electron chi connectivity index (χ0n) is 15.0. The van der Waals surface area contributed by atoms with Gasteiger partial charge in [0, 0.05) is 29.4 Å². The van der Waals surface area contributed by atoms with Gasteiger partial charge in [-0.3, -0.25) is 9.59 Å². The maximum Gasteiger partial charge on any atom is 0.258 e. The number of carbonyl (C=O) groups excluding carboxylic acids is 2. The summed E-state index contributed by atoms with van der Waals surface area (Å²) in [5.41, 5.74) is 3.22. The second kappa shape index (κ2) is 7.09. The van der Waals surface area contributed by atoms with E-state index in [-0.39, 0.29) is 17.9 Å². The molecule has 1 aliphatic rings.